The molecule has 0 amide bonds. The largest absolute Gasteiger partial charge is 0.379 e. The van der Waals surface area contributed by atoms with Crippen LogP contribution in [0.3, 0.4) is 0 Å². The lowest BCUT2D eigenvalue weighted by Gasteiger charge is -2.20. The quantitative estimate of drug-likeness (QED) is 0.578. The van der Waals surface area contributed by atoms with Crippen LogP contribution < -0.4 is 5.32 Å². The molecule has 0 aromatic carbocycles. The van der Waals surface area contributed by atoms with E-state index in [-0.39, 0.29) is 5.54 Å². The van der Waals surface area contributed by atoms with Crippen LogP contribution in [-0.4, -0.2) is 51.7 Å². The van der Waals surface area contributed by atoms with E-state index in [1.807, 2.05) is 0 Å². The van der Waals surface area contributed by atoms with E-state index in [9.17, 15) is 0 Å². The third-order valence-corrected chi connectivity index (χ3v) is 2.10. The lowest BCUT2D eigenvalue weighted by atomic mass is 10.1. The maximum atomic E-state index is 5.45. The molecular weight excluding hydrogens is 230 g/mol. The normalized spacial score (nSPS) is 12.3. The van der Waals surface area contributed by atoms with Gasteiger partial charge in [0.1, 0.15) is 0 Å². The van der Waals surface area contributed by atoms with Gasteiger partial charge in [-0.1, -0.05) is 13.8 Å². The van der Waals surface area contributed by atoms with Crippen LogP contribution in [0.5, 0.6) is 0 Å². The Balaban J connectivity index is 3.04. The predicted molar refractivity (Wildman–Crippen MR) is 75.1 cm³/mol. The topological polar surface area (TPSA) is 39.7 Å². The molecule has 0 rings (SSSR count). The van der Waals surface area contributed by atoms with Gasteiger partial charge in [0.25, 0.3) is 0 Å². The summed E-state index contributed by atoms with van der Waals surface area (Å²) in [6.07, 6.45) is 0. The molecule has 1 N–H and O–H groups in total. The second kappa shape index (κ2) is 10.7. The van der Waals surface area contributed by atoms with Gasteiger partial charge in [-0.2, -0.15) is 0 Å². The molecule has 0 atom stereocenters. The van der Waals surface area contributed by atoms with E-state index in [1.54, 1.807) is 0 Å². The first-order chi connectivity index (χ1) is 8.42. The number of ether oxygens (including phenoxy) is 3. The SMILES string of the molecule is CC(C)COCCOCCOCCNC(C)(C)C. The maximum Gasteiger partial charge on any atom is 0.0701 e. The molecule has 0 aromatic heterocycles. The summed E-state index contributed by atoms with van der Waals surface area (Å²) in [7, 11) is 0. The molecule has 0 aliphatic heterocycles. The minimum atomic E-state index is 0.160. The van der Waals surface area contributed by atoms with Gasteiger partial charge in [-0.05, 0) is 26.7 Å². The first-order valence-corrected chi connectivity index (χ1v) is 6.90. The van der Waals surface area contributed by atoms with Gasteiger partial charge >= 0.3 is 0 Å². The second-order valence-corrected chi connectivity index (χ2v) is 5.87. The van der Waals surface area contributed by atoms with E-state index >= 15 is 0 Å². The Morgan fingerprint density at radius 2 is 1.33 bits per heavy atom. The Morgan fingerprint density at radius 3 is 1.83 bits per heavy atom. The summed E-state index contributed by atoms with van der Waals surface area (Å²) in [5, 5.41) is 3.37. The standard InChI is InChI=1S/C14H31NO3/c1-13(2)12-18-11-10-17-9-8-16-7-6-15-14(3,4)5/h13,15H,6-12H2,1-5H3. The maximum absolute atomic E-state index is 5.45. The fourth-order valence-corrected chi connectivity index (χ4v) is 1.26. The van der Waals surface area contributed by atoms with Crippen molar-refractivity contribution in [1.82, 2.24) is 5.32 Å². The Hall–Kier alpha value is -0.160. The fraction of sp³-hybridized carbons (Fsp3) is 1.00. The van der Waals surface area contributed by atoms with Gasteiger partial charge in [-0.15, -0.1) is 0 Å². The average molecular weight is 261 g/mol. The second-order valence-electron chi connectivity index (χ2n) is 5.87. The minimum absolute atomic E-state index is 0.160. The number of hydrogen-bond acceptors (Lipinski definition) is 4. The molecule has 0 unspecified atom stereocenters. The first-order valence-electron chi connectivity index (χ1n) is 6.90. The average Bonchev–Trinajstić information content (AvgIpc) is 2.24. The van der Waals surface area contributed by atoms with Crippen LogP contribution in [0.15, 0.2) is 0 Å². The molecule has 4 nitrogen and oxygen atoms in total. The Kier molecular flexibility index (Phi) is 10.6. The van der Waals surface area contributed by atoms with Gasteiger partial charge in [0.15, 0.2) is 0 Å². The summed E-state index contributed by atoms with van der Waals surface area (Å²) in [5.74, 6) is 0.587. The van der Waals surface area contributed by atoms with Crippen molar-refractivity contribution in [3.8, 4) is 0 Å². The van der Waals surface area contributed by atoms with Gasteiger partial charge in [0, 0.05) is 18.7 Å². The van der Waals surface area contributed by atoms with Gasteiger partial charge in [-0.25, -0.2) is 0 Å². The van der Waals surface area contributed by atoms with Gasteiger partial charge in [0.05, 0.1) is 33.0 Å². The van der Waals surface area contributed by atoms with E-state index in [2.05, 4.69) is 39.9 Å². The Labute approximate surface area is 112 Å². The Morgan fingerprint density at radius 1 is 0.833 bits per heavy atom. The molecule has 0 aliphatic carbocycles. The molecule has 0 heterocycles. The van der Waals surface area contributed by atoms with E-state index in [4.69, 9.17) is 14.2 Å². The van der Waals surface area contributed by atoms with Crippen molar-refractivity contribution in [2.24, 2.45) is 5.92 Å². The van der Waals surface area contributed by atoms with Crippen LogP contribution in [-0.2, 0) is 14.2 Å². The number of nitrogens with one attached hydrogen (secondary N) is 1. The summed E-state index contributed by atoms with van der Waals surface area (Å²) in [5.41, 5.74) is 0.160. The van der Waals surface area contributed by atoms with Crippen molar-refractivity contribution in [1.29, 1.82) is 0 Å². The zero-order valence-electron chi connectivity index (χ0n) is 12.8. The summed E-state index contributed by atoms with van der Waals surface area (Å²) in [6, 6.07) is 0. The third kappa shape index (κ3) is 15.8. The summed E-state index contributed by atoms with van der Waals surface area (Å²) >= 11 is 0. The molecule has 4 heteroatoms. The molecule has 0 aliphatic rings. The van der Waals surface area contributed by atoms with Gasteiger partial charge in [0.2, 0.25) is 0 Å². The van der Waals surface area contributed by atoms with Crippen molar-refractivity contribution < 1.29 is 14.2 Å². The molecule has 18 heavy (non-hydrogen) atoms. The van der Waals surface area contributed by atoms with Crippen LogP contribution in [0.4, 0.5) is 0 Å². The number of rotatable bonds is 11. The predicted octanol–water partition coefficient (Wildman–Crippen LogP) is 2.08. The highest BCUT2D eigenvalue weighted by Gasteiger charge is 2.06. The van der Waals surface area contributed by atoms with Crippen molar-refractivity contribution in [3.05, 3.63) is 0 Å². The van der Waals surface area contributed by atoms with Crippen LogP contribution in [0.1, 0.15) is 34.6 Å². The van der Waals surface area contributed by atoms with Crippen LogP contribution in [0, 0.1) is 5.92 Å². The summed E-state index contributed by atoms with van der Waals surface area (Å²) in [6.45, 7) is 15.7. The van der Waals surface area contributed by atoms with Crippen molar-refractivity contribution in [2.75, 3.05) is 46.2 Å². The molecule has 0 aromatic rings. The van der Waals surface area contributed by atoms with Crippen LogP contribution in [0.25, 0.3) is 0 Å². The monoisotopic (exact) mass is 261 g/mol. The zero-order valence-corrected chi connectivity index (χ0v) is 12.8. The third-order valence-electron chi connectivity index (χ3n) is 2.10. The number of hydrogen-bond donors (Lipinski definition) is 1. The first kappa shape index (κ1) is 17.8. The highest BCUT2D eigenvalue weighted by Crippen LogP contribution is 1.96. The smallest absolute Gasteiger partial charge is 0.0701 e. The lowest BCUT2D eigenvalue weighted by Crippen LogP contribution is -2.38. The van der Waals surface area contributed by atoms with Gasteiger partial charge in [-0.3, -0.25) is 0 Å². The zero-order chi connectivity index (χ0) is 13.9. The van der Waals surface area contributed by atoms with Crippen LogP contribution in [0.2, 0.25) is 0 Å². The highest BCUT2D eigenvalue weighted by molar-refractivity contribution is 4.69. The lowest BCUT2D eigenvalue weighted by molar-refractivity contribution is 0.00960. The van der Waals surface area contributed by atoms with E-state index in [1.165, 1.54) is 0 Å². The van der Waals surface area contributed by atoms with E-state index in [0.717, 1.165) is 19.8 Å². The molecule has 0 spiro atoms. The van der Waals surface area contributed by atoms with E-state index < -0.39 is 0 Å². The van der Waals surface area contributed by atoms with Crippen molar-refractivity contribution in [2.45, 2.75) is 40.2 Å². The highest BCUT2D eigenvalue weighted by atomic mass is 16.5. The van der Waals surface area contributed by atoms with E-state index in [0.29, 0.717) is 32.3 Å². The summed E-state index contributed by atoms with van der Waals surface area (Å²) in [4.78, 5) is 0. The minimum Gasteiger partial charge on any atom is -0.379 e. The molecule has 0 bridgehead atoms. The molecule has 0 radical (unpaired) electrons. The van der Waals surface area contributed by atoms with Crippen LogP contribution >= 0.6 is 0 Å². The molecule has 0 fully saturated rings. The Bertz CT molecular complexity index is 178. The van der Waals surface area contributed by atoms with Crippen molar-refractivity contribution in [3.63, 3.8) is 0 Å². The van der Waals surface area contributed by atoms with Gasteiger partial charge < -0.3 is 19.5 Å². The molecule has 0 saturated carbocycles. The molecule has 0 saturated heterocycles. The van der Waals surface area contributed by atoms with Crippen molar-refractivity contribution >= 4 is 0 Å². The fourth-order valence-electron chi connectivity index (χ4n) is 1.26. The summed E-state index contributed by atoms with van der Waals surface area (Å²) < 4.78 is 16.2. The molecular formula is C14H31NO3. The molecule has 110 valence electrons.